The van der Waals surface area contributed by atoms with Crippen LogP contribution in [0.4, 0.5) is 0 Å². The molecule has 0 radical (unpaired) electrons. The van der Waals surface area contributed by atoms with Crippen molar-refractivity contribution >= 4 is 0 Å². The number of benzene rings is 2. The van der Waals surface area contributed by atoms with E-state index in [4.69, 9.17) is 5.73 Å². The van der Waals surface area contributed by atoms with E-state index in [1.807, 2.05) is 12.1 Å². The summed E-state index contributed by atoms with van der Waals surface area (Å²) in [6, 6.07) is 20.8. The minimum Gasteiger partial charge on any atom is -0.318 e. The summed E-state index contributed by atoms with van der Waals surface area (Å²) in [6.07, 6.45) is 2.02. The van der Waals surface area contributed by atoms with E-state index in [1.54, 1.807) is 0 Å². The third kappa shape index (κ3) is 3.47. The standard InChI is InChI=1S/C18H24N2/c1-20(2)15-9-14-18(19,16-10-5-3-6-11-16)17-12-7-4-8-13-17/h3-8,10-13H,9,14-15,19H2,1-2H3. The molecule has 0 aliphatic heterocycles. The lowest BCUT2D eigenvalue weighted by molar-refractivity contribution is 0.363. The highest BCUT2D eigenvalue weighted by atomic mass is 15.0. The van der Waals surface area contributed by atoms with Gasteiger partial charge in [-0.2, -0.15) is 0 Å². The third-order valence-electron chi connectivity index (χ3n) is 3.75. The first-order valence-corrected chi connectivity index (χ1v) is 7.17. The van der Waals surface area contributed by atoms with Gasteiger partial charge in [0, 0.05) is 0 Å². The number of hydrogen-bond donors (Lipinski definition) is 1. The minimum absolute atomic E-state index is 0.404. The molecule has 0 aliphatic carbocycles. The Bertz CT molecular complexity index is 466. The van der Waals surface area contributed by atoms with Crippen LogP contribution in [0.25, 0.3) is 0 Å². The van der Waals surface area contributed by atoms with Crippen molar-refractivity contribution in [2.24, 2.45) is 5.73 Å². The molecule has 0 amide bonds. The van der Waals surface area contributed by atoms with Crippen molar-refractivity contribution in [3.05, 3.63) is 71.8 Å². The monoisotopic (exact) mass is 268 g/mol. The quantitative estimate of drug-likeness (QED) is 0.871. The van der Waals surface area contributed by atoms with Crippen molar-refractivity contribution in [2.75, 3.05) is 20.6 Å². The van der Waals surface area contributed by atoms with Crippen molar-refractivity contribution in [3.63, 3.8) is 0 Å². The van der Waals surface area contributed by atoms with Crippen molar-refractivity contribution in [2.45, 2.75) is 18.4 Å². The van der Waals surface area contributed by atoms with Crippen LogP contribution in [0, 0.1) is 0 Å². The van der Waals surface area contributed by atoms with Gasteiger partial charge in [-0.3, -0.25) is 0 Å². The molecule has 0 bridgehead atoms. The number of nitrogens with zero attached hydrogens (tertiary/aromatic N) is 1. The molecule has 2 nitrogen and oxygen atoms in total. The van der Waals surface area contributed by atoms with E-state index in [0.717, 1.165) is 19.4 Å². The molecule has 2 rings (SSSR count). The molecule has 0 unspecified atom stereocenters. The summed E-state index contributed by atoms with van der Waals surface area (Å²) in [4.78, 5) is 2.20. The maximum absolute atomic E-state index is 6.81. The van der Waals surface area contributed by atoms with Gasteiger partial charge in [-0.15, -0.1) is 0 Å². The molecule has 20 heavy (non-hydrogen) atoms. The number of rotatable bonds is 6. The SMILES string of the molecule is CN(C)CCCC(N)(c1ccccc1)c1ccccc1. The number of nitrogens with two attached hydrogens (primary N) is 1. The van der Waals surface area contributed by atoms with Gasteiger partial charge in [0.1, 0.15) is 0 Å². The Morgan fingerprint density at radius 2 is 1.30 bits per heavy atom. The molecule has 0 saturated carbocycles. The zero-order chi connectivity index (χ0) is 14.4. The van der Waals surface area contributed by atoms with Crippen LogP contribution >= 0.6 is 0 Å². The van der Waals surface area contributed by atoms with E-state index in [9.17, 15) is 0 Å². The predicted molar refractivity (Wildman–Crippen MR) is 85.6 cm³/mol. The van der Waals surface area contributed by atoms with Gasteiger partial charge in [-0.05, 0) is 44.6 Å². The molecule has 2 aromatic rings. The van der Waals surface area contributed by atoms with Gasteiger partial charge in [-0.1, -0.05) is 60.7 Å². The molecule has 2 N–H and O–H groups in total. The van der Waals surface area contributed by atoms with Crippen molar-refractivity contribution in [3.8, 4) is 0 Å². The molecule has 0 aromatic heterocycles. The lowest BCUT2D eigenvalue weighted by atomic mass is 9.80. The normalized spacial score (nSPS) is 11.8. The van der Waals surface area contributed by atoms with Gasteiger partial charge >= 0.3 is 0 Å². The van der Waals surface area contributed by atoms with Gasteiger partial charge < -0.3 is 10.6 Å². The van der Waals surface area contributed by atoms with E-state index in [0.29, 0.717) is 0 Å². The Balaban J connectivity index is 2.29. The van der Waals surface area contributed by atoms with Gasteiger partial charge in [0.2, 0.25) is 0 Å². The van der Waals surface area contributed by atoms with Crippen LogP contribution in [0.1, 0.15) is 24.0 Å². The first-order chi connectivity index (χ1) is 9.63. The van der Waals surface area contributed by atoms with Crippen LogP contribution in [0.5, 0.6) is 0 Å². The Kier molecular flexibility index (Phi) is 4.94. The lowest BCUT2D eigenvalue weighted by Gasteiger charge is -2.31. The van der Waals surface area contributed by atoms with E-state index in [-0.39, 0.29) is 0 Å². The first kappa shape index (κ1) is 14.8. The summed E-state index contributed by atoms with van der Waals surface area (Å²) in [5, 5.41) is 0. The van der Waals surface area contributed by atoms with E-state index in [2.05, 4.69) is 67.5 Å². The summed E-state index contributed by atoms with van der Waals surface area (Å²) in [5.74, 6) is 0. The van der Waals surface area contributed by atoms with Gasteiger partial charge in [-0.25, -0.2) is 0 Å². The highest BCUT2D eigenvalue weighted by Gasteiger charge is 2.28. The van der Waals surface area contributed by atoms with Gasteiger partial charge in [0.15, 0.2) is 0 Å². The average molecular weight is 268 g/mol. The first-order valence-electron chi connectivity index (χ1n) is 7.17. The average Bonchev–Trinajstić information content (AvgIpc) is 2.48. The number of hydrogen-bond acceptors (Lipinski definition) is 2. The van der Waals surface area contributed by atoms with Crippen LogP contribution in [0.2, 0.25) is 0 Å². The second kappa shape index (κ2) is 6.69. The van der Waals surface area contributed by atoms with Crippen LogP contribution < -0.4 is 5.73 Å². The minimum atomic E-state index is -0.404. The molecule has 0 spiro atoms. The molecule has 0 saturated heterocycles. The smallest absolute Gasteiger partial charge is 0.0666 e. The fraction of sp³-hybridized carbons (Fsp3) is 0.333. The second-order valence-electron chi connectivity index (χ2n) is 5.61. The van der Waals surface area contributed by atoms with Crippen LogP contribution in [-0.4, -0.2) is 25.5 Å². The fourth-order valence-electron chi connectivity index (χ4n) is 2.60. The molecular weight excluding hydrogens is 244 g/mol. The zero-order valence-electron chi connectivity index (χ0n) is 12.4. The summed E-state index contributed by atoms with van der Waals surface area (Å²) in [5.41, 5.74) is 8.77. The largest absolute Gasteiger partial charge is 0.318 e. The summed E-state index contributed by atoms with van der Waals surface area (Å²) in [7, 11) is 4.20. The molecule has 2 heteroatoms. The Morgan fingerprint density at radius 3 is 1.70 bits per heavy atom. The van der Waals surface area contributed by atoms with Gasteiger partial charge in [0.05, 0.1) is 5.54 Å². The zero-order valence-corrected chi connectivity index (χ0v) is 12.4. The lowest BCUT2D eigenvalue weighted by Crippen LogP contribution is -2.38. The molecule has 0 atom stereocenters. The molecule has 0 heterocycles. The van der Waals surface area contributed by atoms with E-state index in [1.165, 1.54) is 11.1 Å². The highest BCUT2D eigenvalue weighted by Crippen LogP contribution is 2.31. The Labute approximate surface area is 122 Å². The van der Waals surface area contributed by atoms with Crippen LogP contribution in [0.3, 0.4) is 0 Å². The van der Waals surface area contributed by atoms with E-state index < -0.39 is 5.54 Å². The van der Waals surface area contributed by atoms with Crippen molar-refractivity contribution in [1.82, 2.24) is 4.90 Å². The van der Waals surface area contributed by atoms with E-state index >= 15 is 0 Å². The maximum atomic E-state index is 6.81. The third-order valence-corrected chi connectivity index (χ3v) is 3.75. The Hall–Kier alpha value is -1.64. The Morgan fingerprint density at radius 1 is 0.850 bits per heavy atom. The molecule has 106 valence electrons. The fourth-order valence-corrected chi connectivity index (χ4v) is 2.60. The van der Waals surface area contributed by atoms with Crippen LogP contribution in [-0.2, 0) is 5.54 Å². The van der Waals surface area contributed by atoms with Crippen molar-refractivity contribution in [1.29, 1.82) is 0 Å². The molecule has 0 fully saturated rings. The summed E-state index contributed by atoms with van der Waals surface area (Å²) < 4.78 is 0. The topological polar surface area (TPSA) is 29.3 Å². The predicted octanol–water partition coefficient (Wildman–Crippen LogP) is 3.23. The second-order valence-corrected chi connectivity index (χ2v) is 5.61. The molecule has 2 aromatic carbocycles. The summed E-state index contributed by atoms with van der Waals surface area (Å²) >= 11 is 0. The molecular formula is C18H24N2. The maximum Gasteiger partial charge on any atom is 0.0666 e. The van der Waals surface area contributed by atoms with Crippen molar-refractivity contribution < 1.29 is 0 Å². The van der Waals surface area contributed by atoms with Crippen LogP contribution in [0.15, 0.2) is 60.7 Å². The highest BCUT2D eigenvalue weighted by molar-refractivity contribution is 5.37. The van der Waals surface area contributed by atoms with Gasteiger partial charge in [0.25, 0.3) is 0 Å². The summed E-state index contributed by atoms with van der Waals surface area (Å²) in [6.45, 7) is 1.05. The molecule has 0 aliphatic rings.